The van der Waals surface area contributed by atoms with Crippen LogP contribution in [0.3, 0.4) is 0 Å². The molecule has 0 spiro atoms. The minimum atomic E-state index is -2.18. The average molecular weight is 1640 g/mol. The summed E-state index contributed by atoms with van der Waals surface area (Å²) < 4.78 is 19.1. The fraction of sp³-hybridized carbons (Fsp3) is 0.416. The van der Waals surface area contributed by atoms with Crippen LogP contribution in [0.15, 0.2) is 146 Å². The number of phenolic OH excluding ortho intramolecular Hbond substituents is 5. The van der Waals surface area contributed by atoms with Gasteiger partial charge in [0.15, 0.2) is 5.98 Å². The van der Waals surface area contributed by atoms with Crippen molar-refractivity contribution in [2.24, 2.45) is 0 Å². The SMILES string of the molecule is C.CC(C)(C)c1cc(CC(=O)Nc2ccc(O)cc2)cc(C(C)(C)C)c1O.CC(C)(C)c1cc(CC(=O)Nc2ccc(OP(Oc3ccc(NC(=O)Cc4cc(C(C)(C)C)c(O)c(C(C)(C)C)c4)cc3)Oc3ccc(NC(=O)Cc4cc(C(C)(C)C)c(O)c(C(C)(C)C)c4)cc3)cc2)cc(C(C)(C)C)c1O.ClP(Cl)Cl.S. The van der Waals surface area contributed by atoms with Gasteiger partial charge in [0.2, 0.25) is 23.6 Å². The van der Waals surface area contributed by atoms with Crippen molar-refractivity contribution in [3.63, 3.8) is 0 Å². The van der Waals surface area contributed by atoms with Crippen molar-refractivity contribution in [2.75, 3.05) is 21.3 Å². The lowest BCUT2D eigenvalue weighted by molar-refractivity contribution is -0.116. The summed E-state index contributed by atoms with van der Waals surface area (Å²) in [5.41, 5.74) is 9.48. The molecule has 8 aromatic carbocycles. The first-order valence-corrected chi connectivity index (χ1v) is 41.5. The highest BCUT2D eigenvalue weighted by molar-refractivity contribution is 8.20. The first-order chi connectivity index (χ1) is 49.9. The van der Waals surface area contributed by atoms with Crippen LogP contribution in [0.1, 0.15) is 240 Å². The van der Waals surface area contributed by atoms with E-state index in [-0.39, 0.29) is 137 Å². The van der Waals surface area contributed by atoms with E-state index in [0.717, 1.165) is 66.8 Å². The number of halogens is 3. The number of phenols is 5. The Morgan fingerprint density at radius 3 is 0.586 bits per heavy atom. The second-order valence-corrected chi connectivity index (χ2v) is 41.8. The fourth-order valence-electron chi connectivity index (χ4n) is 12.0. The van der Waals surface area contributed by atoms with Crippen LogP contribution < -0.4 is 34.8 Å². The van der Waals surface area contributed by atoms with Crippen molar-refractivity contribution in [3.05, 3.63) is 212 Å². The largest absolute Gasteiger partial charge is 0.530 e. The van der Waals surface area contributed by atoms with Gasteiger partial charge in [-0.05, 0) is 207 Å². The normalized spacial score (nSPS) is 12.0. The molecule has 0 saturated heterocycles. The van der Waals surface area contributed by atoms with Crippen molar-refractivity contribution in [2.45, 2.75) is 243 Å². The number of carbonyl (C=O) groups is 4. The maximum absolute atomic E-state index is 13.5. The van der Waals surface area contributed by atoms with Gasteiger partial charge in [-0.15, -0.1) is 0 Å². The van der Waals surface area contributed by atoms with Crippen LogP contribution in [-0.2, 0) is 88.2 Å². The van der Waals surface area contributed by atoms with Crippen molar-refractivity contribution in [1.29, 1.82) is 0 Å². The summed E-state index contributed by atoms with van der Waals surface area (Å²) in [5.74, 6) is 0.443. The second-order valence-electron chi connectivity index (χ2n) is 35.9. The number of anilines is 4. The average Bonchev–Trinajstić information content (AvgIpc) is 0.798. The van der Waals surface area contributed by atoms with Crippen LogP contribution >= 0.6 is 61.8 Å². The molecule has 0 heterocycles. The van der Waals surface area contributed by atoms with Gasteiger partial charge in [-0.2, -0.15) is 13.5 Å². The number of hydrogen-bond donors (Lipinski definition) is 9. The molecule has 9 N–H and O–H groups in total. The molecule has 0 aromatic heterocycles. The molecule has 22 heteroatoms. The number of benzene rings is 8. The van der Waals surface area contributed by atoms with Crippen molar-refractivity contribution in [1.82, 2.24) is 0 Å². The third kappa shape index (κ3) is 28.9. The van der Waals surface area contributed by atoms with E-state index >= 15 is 0 Å². The Bertz CT molecular complexity index is 4020. The van der Waals surface area contributed by atoms with E-state index in [1.54, 1.807) is 84.9 Å². The van der Waals surface area contributed by atoms with Gasteiger partial charge in [0.25, 0.3) is 0 Å². The third-order valence-corrected chi connectivity index (χ3v) is 18.8. The van der Waals surface area contributed by atoms with Crippen LogP contribution in [-0.4, -0.2) is 49.2 Å². The summed E-state index contributed by atoms with van der Waals surface area (Å²) in [5, 5.41) is 65.5. The molecule has 0 bridgehead atoms. The number of hydrogen-bond acceptors (Lipinski definition) is 12. The molecule has 0 unspecified atom stereocenters. The van der Waals surface area contributed by atoms with Gasteiger partial charge in [0, 0.05) is 22.7 Å². The standard InChI is InChI=1S/C66H84N3O9P.C22H29NO3.CH4.Cl3P.H2S/c1-61(2,3)49-31-40(32-50(58(49)73)62(4,5)6)37-55(70)67-43-19-25-46(26-20-43)76-79(77-47-27-21-44(22-28-47)68-56(71)38-41-33-51(63(7,8)9)59(74)52(34-41)64(10,11)12)78-48-29-23-45(24-30-48)69-57(72)39-42-35-53(65(13,14)15)60(75)54(36-42)66(16,17)18;1-21(2,3)17-11-14(12-18(20(17)26)22(4,5)6)13-19(25)23-15-7-9-16(24)10-8-15;;1-4(2)3;/h19-36,73-75H,37-39H2,1-18H3,(H,67,70)(H,68,71)(H,69,72);7-12,24,26H,13H2,1-6H3,(H,23,25);1H4;;1H2. The Balaban J connectivity index is 0.000000677. The predicted molar refractivity (Wildman–Crippen MR) is 469 cm³/mol. The highest BCUT2D eigenvalue weighted by atomic mass is 36.0. The Hall–Kier alpha value is -7.88. The van der Waals surface area contributed by atoms with E-state index in [1.807, 2.05) is 173 Å². The zero-order valence-corrected chi connectivity index (χ0v) is 73.4. The molecule has 8 aromatic rings. The van der Waals surface area contributed by atoms with Gasteiger partial charge < -0.3 is 60.4 Å². The highest BCUT2D eigenvalue weighted by Gasteiger charge is 2.32. The lowest BCUT2D eigenvalue weighted by atomic mass is 9.78. The van der Waals surface area contributed by atoms with Crippen LogP contribution in [0.4, 0.5) is 22.7 Å². The van der Waals surface area contributed by atoms with E-state index in [9.17, 15) is 44.7 Å². The summed E-state index contributed by atoms with van der Waals surface area (Å²) in [7, 11) is -2.18. The molecule has 16 nitrogen and oxygen atoms in total. The molecular formula is C89H119Cl3N4O12P2S. The Labute approximate surface area is 684 Å². The molecule has 0 saturated carbocycles. The van der Waals surface area contributed by atoms with E-state index in [4.69, 9.17) is 47.3 Å². The van der Waals surface area contributed by atoms with Gasteiger partial charge in [0.1, 0.15) is 46.0 Å². The van der Waals surface area contributed by atoms with E-state index in [1.165, 1.54) is 12.1 Å². The summed E-state index contributed by atoms with van der Waals surface area (Å²) >= 11 is 14.6. The number of amides is 4. The van der Waals surface area contributed by atoms with Crippen LogP contribution in [0.25, 0.3) is 0 Å². The molecule has 4 amide bonds. The van der Waals surface area contributed by atoms with Crippen LogP contribution in [0.5, 0.6) is 46.0 Å². The zero-order chi connectivity index (χ0) is 82.1. The fourth-order valence-corrected chi connectivity index (χ4v) is 13.0. The molecule has 0 aliphatic rings. The Morgan fingerprint density at radius 2 is 0.441 bits per heavy atom. The topological polar surface area (TPSA) is 245 Å². The summed E-state index contributed by atoms with van der Waals surface area (Å²) in [4.78, 5) is 52.9. The Kier molecular flexibility index (Phi) is 32.9. The first-order valence-electron chi connectivity index (χ1n) is 36.3. The van der Waals surface area contributed by atoms with Gasteiger partial charge in [-0.25, -0.2) is 0 Å². The minimum Gasteiger partial charge on any atom is -0.508 e. The quantitative estimate of drug-likeness (QED) is 0.0288. The molecule has 8 rings (SSSR count). The minimum absolute atomic E-state index is 0. The summed E-state index contributed by atoms with van der Waals surface area (Å²) in [6.45, 7) is 49.0. The number of rotatable bonds is 18. The van der Waals surface area contributed by atoms with Crippen LogP contribution in [0, 0.1) is 0 Å². The molecule has 0 aliphatic heterocycles. The molecular weight excluding hydrogens is 1520 g/mol. The summed E-state index contributed by atoms with van der Waals surface area (Å²) in [6, 6.07) is 42.3. The first kappa shape index (κ1) is 95.5. The van der Waals surface area contributed by atoms with Crippen LogP contribution in [0.2, 0.25) is 0 Å². The number of carbonyl (C=O) groups excluding carboxylic acids is 4. The van der Waals surface area contributed by atoms with Gasteiger partial charge >= 0.3 is 8.60 Å². The molecule has 0 atom stereocenters. The monoisotopic (exact) mass is 1630 g/mol. The van der Waals surface area contributed by atoms with Crippen molar-refractivity contribution >= 4 is 108 Å². The van der Waals surface area contributed by atoms with Crippen molar-refractivity contribution < 1.29 is 58.3 Å². The van der Waals surface area contributed by atoms with Crippen molar-refractivity contribution in [3.8, 4) is 46.0 Å². The lowest BCUT2D eigenvalue weighted by Gasteiger charge is -2.28. The second kappa shape index (κ2) is 38.3. The maximum atomic E-state index is 13.5. The van der Waals surface area contributed by atoms with E-state index in [2.05, 4.69) is 62.8 Å². The lowest BCUT2D eigenvalue weighted by Crippen LogP contribution is -2.20. The van der Waals surface area contributed by atoms with Gasteiger partial charge in [0.05, 0.1) is 25.7 Å². The zero-order valence-electron chi connectivity index (χ0n) is 68.3. The Morgan fingerprint density at radius 1 is 0.297 bits per heavy atom. The molecule has 0 radical (unpaired) electrons. The van der Waals surface area contributed by atoms with E-state index in [0.29, 0.717) is 45.7 Å². The number of aromatic hydroxyl groups is 5. The highest BCUT2D eigenvalue weighted by Crippen LogP contribution is 2.52. The number of nitrogens with one attached hydrogen (secondary N) is 4. The molecule has 111 heavy (non-hydrogen) atoms. The smallest absolute Gasteiger partial charge is 0.508 e. The van der Waals surface area contributed by atoms with Gasteiger partial charge in [-0.3, -0.25) is 19.2 Å². The molecule has 604 valence electrons. The van der Waals surface area contributed by atoms with E-state index < -0.39 is 14.6 Å². The molecule has 0 fully saturated rings. The summed E-state index contributed by atoms with van der Waals surface area (Å²) in [6.07, 6.45) is 0.527. The predicted octanol–water partition coefficient (Wildman–Crippen LogP) is 24.4. The maximum Gasteiger partial charge on any atom is 0.530 e. The van der Waals surface area contributed by atoms with Gasteiger partial charge in [-0.1, -0.05) is 256 Å². The third-order valence-electron chi connectivity index (χ3n) is 17.7. The molecule has 0 aliphatic carbocycles.